The SMILES string of the molecule is Cn1ccnc1CN(CCO)CC1Cc2ccccc2C1. The fraction of sp³-hybridized carbons (Fsp3) is 0.471. The summed E-state index contributed by atoms with van der Waals surface area (Å²) in [6, 6.07) is 8.73. The zero-order valence-corrected chi connectivity index (χ0v) is 12.6. The van der Waals surface area contributed by atoms with Gasteiger partial charge in [-0.15, -0.1) is 0 Å². The summed E-state index contributed by atoms with van der Waals surface area (Å²) in [5, 5.41) is 9.31. The molecule has 1 aliphatic carbocycles. The van der Waals surface area contributed by atoms with Gasteiger partial charge in [0.25, 0.3) is 0 Å². The highest BCUT2D eigenvalue weighted by atomic mass is 16.3. The van der Waals surface area contributed by atoms with Crippen LogP contribution in [0.3, 0.4) is 0 Å². The van der Waals surface area contributed by atoms with E-state index in [4.69, 9.17) is 0 Å². The summed E-state index contributed by atoms with van der Waals surface area (Å²) in [6.45, 7) is 2.73. The Morgan fingerprint density at radius 1 is 1.29 bits per heavy atom. The van der Waals surface area contributed by atoms with Crippen molar-refractivity contribution in [2.45, 2.75) is 19.4 Å². The van der Waals surface area contributed by atoms with Gasteiger partial charge in [-0.25, -0.2) is 4.98 Å². The van der Waals surface area contributed by atoms with Gasteiger partial charge in [0.2, 0.25) is 0 Å². The van der Waals surface area contributed by atoms with Crippen LogP contribution in [0.15, 0.2) is 36.7 Å². The lowest BCUT2D eigenvalue weighted by Gasteiger charge is -2.24. The van der Waals surface area contributed by atoms with Crippen LogP contribution in [0.4, 0.5) is 0 Å². The normalized spacial score (nSPS) is 14.8. The largest absolute Gasteiger partial charge is 0.395 e. The fourth-order valence-electron chi connectivity index (χ4n) is 3.27. The van der Waals surface area contributed by atoms with Gasteiger partial charge in [0.1, 0.15) is 5.82 Å². The van der Waals surface area contributed by atoms with Gasteiger partial charge in [0.15, 0.2) is 0 Å². The summed E-state index contributed by atoms with van der Waals surface area (Å²) < 4.78 is 2.05. The van der Waals surface area contributed by atoms with Crippen LogP contribution in [0.25, 0.3) is 0 Å². The van der Waals surface area contributed by atoms with Crippen LogP contribution < -0.4 is 0 Å². The Bertz CT molecular complexity index is 568. The Morgan fingerprint density at radius 3 is 2.57 bits per heavy atom. The lowest BCUT2D eigenvalue weighted by Crippen LogP contribution is -2.33. The average Bonchev–Trinajstić information content (AvgIpc) is 3.05. The molecule has 0 radical (unpaired) electrons. The number of aromatic nitrogens is 2. The zero-order valence-electron chi connectivity index (χ0n) is 12.6. The minimum atomic E-state index is 0.199. The van der Waals surface area contributed by atoms with E-state index in [0.29, 0.717) is 12.5 Å². The molecule has 3 rings (SSSR count). The number of hydrogen-bond acceptors (Lipinski definition) is 3. The zero-order chi connectivity index (χ0) is 14.7. The molecule has 0 bridgehead atoms. The number of rotatable bonds is 6. The van der Waals surface area contributed by atoms with Crippen molar-refractivity contribution in [2.75, 3.05) is 19.7 Å². The summed E-state index contributed by atoms with van der Waals surface area (Å²) >= 11 is 0. The molecule has 21 heavy (non-hydrogen) atoms. The molecule has 0 aliphatic heterocycles. The van der Waals surface area contributed by atoms with Gasteiger partial charge in [0, 0.05) is 32.5 Å². The molecular formula is C17H23N3O. The quantitative estimate of drug-likeness (QED) is 0.877. The average molecular weight is 285 g/mol. The summed E-state index contributed by atoms with van der Waals surface area (Å²) in [5.74, 6) is 1.70. The Morgan fingerprint density at radius 2 is 2.00 bits per heavy atom. The van der Waals surface area contributed by atoms with Crippen molar-refractivity contribution >= 4 is 0 Å². The van der Waals surface area contributed by atoms with Crippen LogP contribution in [0.1, 0.15) is 17.0 Å². The van der Waals surface area contributed by atoms with Gasteiger partial charge in [-0.2, -0.15) is 0 Å². The lowest BCUT2D eigenvalue weighted by atomic mass is 10.1. The van der Waals surface area contributed by atoms with Gasteiger partial charge >= 0.3 is 0 Å². The molecule has 0 saturated carbocycles. The second-order valence-corrected chi connectivity index (χ2v) is 5.96. The smallest absolute Gasteiger partial charge is 0.122 e. The fourth-order valence-corrected chi connectivity index (χ4v) is 3.27. The standard InChI is InChI=1S/C17H23N3O/c1-19-7-6-18-17(19)13-20(8-9-21)12-14-10-15-4-2-3-5-16(15)11-14/h2-7,14,21H,8-13H2,1H3. The second kappa shape index (κ2) is 6.41. The number of benzene rings is 1. The maximum absolute atomic E-state index is 9.31. The molecule has 1 aliphatic rings. The highest BCUT2D eigenvalue weighted by molar-refractivity contribution is 5.32. The molecule has 4 nitrogen and oxygen atoms in total. The van der Waals surface area contributed by atoms with Crippen molar-refractivity contribution in [3.05, 3.63) is 53.6 Å². The maximum Gasteiger partial charge on any atom is 0.122 e. The predicted molar refractivity (Wildman–Crippen MR) is 82.9 cm³/mol. The molecule has 4 heteroatoms. The first-order chi connectivity index (χ1) is 10.3. The van der Waals surface area contributed by atoms with Crippen LogP contribution >= 0.6 is 0 Å². The highest BCUT2D eigenvalue weighted by Gasteiger charge is 2.23. The highest BCUT2D eigenvalue weighted by Crippen LogP contribution is 2.27. The molecule has 0 fully saturated rings. The van der Waals surface area contributed by atoms with E-state index in [1.165, 1.54) is 11.1 Å². The number of fused-ring (bicyclic) bond motifs is 1. The van der Waals surface area contributed by atoms with E-state index >= 15 is 0 Å². The molecule has 1 aromatic heterocycles. The number of aryl methyl sites for hydroxylation is 1. The van der Waals surface area contributed by atoms with E-state index in [1.807, 2.05) is 24.0 Å². The number of aliphatic hydroxyl groups is 1. The van der Waals surface area contributed by atoms with Crippen molar-refractivity contribution < 1.29 is 5.11 Å². The number of hydrogen-bond donors (Lipinski definition) is 1. The topological polar surface area (TPSA) is 41.3 Å². The van der Waals surface area contributed by atoms with E-state index in [2.05, 4.69) is 34.1 Å². The van der Waals surface area contributed by atoms with Crippen molar-refractivity contribution in [1.82, 2.24) is 14.5 Å². The van der Waals surface area contributed by atoms with Crippen LogP contribution in [-0.2, 0) is 26.4 Å². The molecule has 0 saturated heterocycles. The van der Waals surface area contributed by atoms with Crippen molar-refractivity contribution in [2.24, 2.45) is 13.0 Å². The molecule has 2 aromatic rings. The minimum absolute atomic E-state index is 0.199. The van der Waals surface area contributed by atoms with Crippen LogP contribution in [0.2, 0.25) is 0 Å². The van der Waals surface area contributed by atoms with E-state index in [-0.39, 0.29) is 6.61 Å². The van der Waals surface area contributed by atoms with E-state index < -0.39 is 0 Å². The van der Waals surface area contributed by atoms with Crippen LogP contribution in [0, 0.1) is 5.92 Å². The molecule has 112 valence electrons. The summed E-state index contributed by atoms with van der Waals surface area (Å²) in [6.07, 6.45) is 6.10. The van der Waals surface area contributed by atoms with E-state index in [0.717, 1.165) is 31.8 Å². The molecule has 1 N–H and O–H groups in total. The lowest BCUT2D eigenvalue weighted by molar-refractivity contribution is 0.166. The maximum atomic E-state index is 9.31. The third-order valence-corrected chi connectivity index (χ3v) is 4.35. The number of nitrogens with zero attached hydrogens (tertiary/aromatic N) is 3. The van der Waals surface area contributed by atoms with Gasteiger partial charge in [0.05, 0.1) is 13.2 Å². The third-order valence-electron chi connectivity index (χ3n) is 4.35. The van der Waals surface area contributed by atoms with Crippen LogP contribution in [-0.4, -0.2) is 39.3 Å². The molecule has 0 amide bonds. The monoisotopic (exact) mass is 285 g/mol. The molecule has 1 heterocycles. The molecule has 0 unspecified atom stereocenters. The number of aliphatic hydroxyl groups excluding tert-OH is 1. The summed E-state index contributed by atoms with van der Waals surface area (Å²) in [5.41, 5.74) is 2.98. The summed E-state index contributed by atoms with van der Waals surface area (Å²) in [7, 11) is 2.02. The Balaban J connectivity index is 1.63. The van der Waals surface area contributed by atoms with E-state index in [9.17, 15) is 5.11 Å². The van der Waals surface area contributed by atoms with Gasteiger partial charge in [-0.3, -0.25) is 4.90 Å². The van der Waals surface area contributed by atoms with Gasteiger partial charge in [-0.05, 0) is 29.9 Å². The Labute approximate surface area is 126 Å². The molecule has 0 atom stereocenters. The molecular weight excluding hydrogens is 262 g/mol. The summed E-state index contributed by atoms with van der Waals surface area (Å²) in [4.78, 5) is 6.71. The van der Waals surface area contributed by atoms with E-state index in [1.54, 1.807) is 0 Å². The Kier molecular flexibility index (Phi) is 4.36. The third kappa shape index (κ3) is 3.34. The van der Waals surface area contributed by atoms with Crippen molar-refractivity contribution in [3.63, 3.8) is 0 Å². The number of imidazole rings is 1. The first kappa shape index (κ1) is 14.3. The Hall–Kier alpha value is -1.65. The molecule has 1 aromatic carbocycles. The molecule has 0 spiro atoms. The van der Waals surface area contributed by atoms with Crippen molar-refractivity contribution in [1.29, 1.82) is 0 Å². The minimum Gasteiger partial charge on any atom is -0.395 e. The van der Waals surface area contributed by atoms with Gasteiger partial charge in [-0.1, -0.05) is 24.3 Å². The van der Waals surface area contributed by atoms with Crippen LogP contribution in [0.5, 0.6) is 0 Å². The predicted octanol–water partition coefficient (Wildman–Crippen LogP) is 1.63. The second-order valence-electron chi connectivity index (χ2n) is 5.96. The first-order valence-electron chi connectivity index (χ1n) is 7.62. The van der Waals surface area contributed by atoms with Gasteiger partial charge < -0.3 is 9.67 Å². The van der Waals surface area contributed by atoms with Crippen molar-refractivity contribution in [3.8, 4) is 0 Å². The first-order valence-corrected chi connectivity index (χ1v) is 7.62.